The minimum atomic E-state index is 0.200. The fourth-order valence-electron chi connectivity index (χ4n) is 2.73. The maximum atomic E-state index is 4.53. The average Bonchev–Trinajstić information content (AvgIpc) is 3.09. The van der Waals surface area contributed by atoms with E-state index < -0.39 is 0 Å². The third-order valence-electron chi connectivity index (χ3n) is 4.05. The second-order valence-electron chi connectivity index (χ2n) is 6.66. The van der Waals surface area contributed by atoms with Gasteiger partial charge in [-0.05, 0) is 35.9 Å². The molecule has 0 radical (unpaired) electrons. The summed E-state index contributed by atoms with van der Waals surface area (Å²) in [6.07, 6.45) is 4.36. The molecule has 0 saturated carbocycles. The summed E-state index contributed by atoms with van der Waals surface area (Å²) in [5, 5.41) is 3.47. The summed E-state index contributed by atoms with van der Waals surface area (Å²) in [7, 11) is 0. The Kier molecular flexibility index (Phi) is 3.38. The summed E-state index contributed by atoms with van der Waals surface area (Å²) in [5.74, 6) is 1.07. The maximum absolute atomic E-state index is 4.53. The molecule has 20 heavy (non-hydrogen) atoms. The van der Waals surface area contributed by atoms with E-state index in [1.165, 1.54) is 24.0 Å². The first-order valence-corrected chi connectivity index (χ1v) is 7.43. The Bertz CT molecular complexity index is 569. The Morgan fingerprint density at radius 2 is 1.90 bits per heavy atom. The molecule has 0 spiro atoms. The van der Waals surface area contributed by atoms with Crippen LogP contribution in [-0.4, -0.2) is 16.5 Å². The Hall–Kier alpha value is -1.61. The minimum absolute atomic E-state index is 0.200. The third-order valence-corrected chi connectivity index (χ3v) is 4.05. The van der Waals surface area contributed by atoms with Crippen LogP contribution in [0.1, 0.15) is 51.0 Å². The molecule has 2 heterocycles. The standard InChI is InChI=1S/C17H23N3/c1-17(2,3)13-8-6-12(7-9-13)15-11-19-16(20-15)14-5-4-10-18-14/h6-9,11,14,18H,4-5,10H2,1-3H3,(H,19,20). The molecule has 1 unspecified atom stereocenters. The van der Waals surface area contributed by atoms with Crippen molar-refractivity contribution in [1.82, 2.24) is 15.3 Å². The molecule has 2 aromatic rings. The van der Waals surface area contributed by atoms with E-state index in [1.54, 1.807) is 0 Å². The number of hydrogen-bond acceptors (Lipinski definition) is 2. The molecular weight excluding hydrogens is 246 g/mol. The molecule has 3 heteroatoms. The number of H-pyrrole nitrogens is 1. The van der Waals surface area contributed by atoms with Crippen LogP contribution >= 0.6 is 0 Å². The molecule has 1 aromatic carbocycles. The lowest BCUT2D eigenvalue weighted by Gasteiger charge is -2.18. The lowest BCUT2D eigenvalue weighted by Crippen LogP contribution is -2.14. The van der Waals surface area contributed by atoms with Crippen molar-refractivity contribution < 1.29 is 0 Å². The van der Waals surface area contributed by atoms with Crippen LogP contribution in [-0.2, 0) is 5.41 Å². The summed E-state index contributed by atoms with van der Waals surface area (Å²) in [4.78, 5) is 7.98. The topological polar surface area (TPSA) is 40.7 Å². The summed E-state index contributed by atoms with van der Waals surface area (Å²) in [5.41, 5.74) is 3.87. The summed E-state index contributed by atoms with van der Waals surface area (Å²) in [6.45, 7) is 7.81. The van der Waals surface area contributed by atoms with E-state index in [9.17, 15) is 0 Å². The second-order valence-corrected chi connectivity index (χ2v) is 6.66. The van der Waals surface area contributed by atoms with Crippen molar-refractivity contribution in [2.24, 2.45) is 0 Å². The zero-order valence-corrected chi connectivity index (χ0v) is 12.5. The van der Waals surface area contributed by atoms with Crippen molar-refractivity contribution in [3.63, 3.8) is 0 Å². The highest BCUT2D eigenvalue weighted by Gasteiger charge is 2.19. The number of aromatic amines is 1. The molecule has 2 N–H and O–H groups in total. The van der Waals surface area contributed by atoms with Gasteiger partial charge in [0.15, 0.2) is 0 Å². The molecule has 3 rings (SSSR count). The molecule has 106 valence electrons. The van der Waals surface area contributed by atoms with Gasteiger partial charge in [-0.25, -0.2) is 4.98 Å². The van der Waals surface area contributed by atoms with Crippen LogP contribution in [0.25, 0.3) is 11.3 Å². The van der Waals surface area contributed by atoms with Crippen LogP contribution < -0.4 is 5.32 Å². The zero-order valence-electron chi connectivity index (χ0n) is 12.5. The predicted molar refractivity (Wildman–Crippen MR) is 82.7 cm³/mol. The van der Waals surface area contributed by atoms with Crippen molar-refractivity contribution in [2.75, 3.05) is 6.54 Å². The first-order valence-electron chi connectivity index (χ1n) is 7.43. The summed E-state index contributed by atoms with van der Waals surface area (Å²) < 4.78 is 0. The van der Waals surface area contributed by atoms with E-state index >= 15 is 0 Å². The molecule has 1 aliphatic rings. The van der Waals surface area contributed by atoms with Crippen molar-refractivity contribution in [3.05, 3.63) is 41.9 Å². The normalized spacial score (nSPS) is 19.4. The van der Waals surface area contributed by atoms with Crippen LogP contribution in [0.3, 0.4) is 0 Å². The van der Waals surface area contributed by atoms with Gasteiger partial charge in [0.05, 0.1) is 17.9 Å². The van der Waals surface area contributed by atoms with Crippen LogP contribution in [0.15, 0.2) is 30.5 Å². The fourth-order valence-corrected chi connectivity index (χ4v) is 2.73. The van der Waals surface area contributed by atoms with Gasteiger partial charge in [0.1, 0.15) is 5.82 Å². The second kappa shape index (κ2) is 5.06. The van der Waals surface area contributed by atoms with Gasteiger partial charge in [0, 0.05) is 0 Å². The van der Waals surface area contributed by atoms with E-state index in [0.717, 1.165) is 18.1 Å². The van der Waals surface area contributed by atoms with Crippen LogP contribution in [0.5, 0.6) is 0 Å². The number of aromatic nitrogens is 2. The molecule has 0 aliphatic carbocycles. The molecule has 3 nitrogen and oxygen atoms in total. The minimum Gasteiger partial charge on any atom is -0.341 e. The van der Waals surface area contributed by atoms with Crippen molar-refractivity contribution in [1.29, 1.82) is 0 Å². The first-order chi connectivity index (χ1) is 9.54. The molecule has 1 saturated heterocycles. The van der Waals surface area contributed by atoms with Crippen LogP contribution in [0.2, 0.25) is 0 Å². The molecule has 1 aromatic heterocycles. The predicted octanol–water partition coefficient (Wildman–Crippen LogP) is 3.80. The highest BCUT2D eigenvalue weighted by Crippen LogP contribution is 2.27. The Morgan fingerprint density at radius 3 is 2.50 bits per heavy atom. The highest BCUT2D eigenvalue weighted by molar-refractivity contribution is 5.59. The molecule has 1 aliphatic heterocycles. The largest absolute Gasteiger partial charge is 0.341 e. The van der Waals surface area contributed by atoms with E-state index in [4.69, 9.17) is 0 Å². The molecular formula is C17H23N3. The Morgan fingerprint density at radius 1 is 1.15 bits per heavy atom. The van der Waals surface area contributed by atoms with Gasteiger partial charge >= 0.3 is 0 Å². The average molecular weight is 269 g/mol. The Labute approximate surface area is 120 Å². The van der Waals surface area contributed by atoms with E-state index in [0.29, 0.717) is 6.04 Å². The lowest BCUT2D eigenvalue weighted by molar-refractivity contribution is 0.590. The SMILES string of the molecule is CC(C)(C)c1ccc(-c2cnc(C3CCCN3)[nH]2)cc1. The highest BCUT2D eigenvalue weighted by atomic mass is 15.0. The van der Waals surface area contributed by atoms with Gasteiger partial charge in [-0.1, -0.05) is 45.0 Å². The van der Waals surface area contributed by atoms with Gasteiger partial charge in [-0.3, -0.25) is 0 Å². The van der Waals surface area contributed by atoms with Gasteiger partial charge in [0.25, 0.3) is 0 Å². The van der Waals surface area contributed by atoms with Crippen molar-refractivity contribution in [2.45, 2.75) is 45.1 Å². The fraction of sp³-hybridized carbons (Fsp3) is 0.471. The third kappa shape index (κ3) is 2.63. The van der Waals surface area contributed by atoms with Crippen LogP contribution in [0, 0.1) is 0 Å². The number of rotatable bonds is 2. The van der Waals surface area contributed by atoms with Gasteiger partial charge in [-0.15, -0.1) is 0 Å². The molecule has 1 atom stereocenters. The summed E-state index contributed by atoms with van der Waals surface area (Å²) in [6, 6.07) is 9.19. The molecule has 0 bridgehead atoms. The maximum Gasteiger partial charge on any atom is 0.123 e. The van der Waals surface area contributed by atoms with Crippen LogP contribution in [0.4, 0.5) is 0 Å². The van der Waals surface area contributed by atoms with Crippen molar-refractivity contribution >= 4 is 0 Å². The quantitative estimate of drug-likeness (QED) is 0.870. The van der Waals surface area contributed by atoms with Gasteiger partial charge < -0.3 is 10.3 Å². The number of benzene rings is 1. The molecule has 0 amide bonds. The van der Waals surface area contributed by atoms with Gasteiger partial charge in [0.2, 0.25) is 0 Å². The first kappa shape index (κ1) is 13.4. The number of nitrogens with zero attached hydrogens (tertiary/aromatic N) is 1. The lowest BCUT2D eigenvalue weighted by atomic mass is 9.86. The molecule has 1 fully saturated rings. The van der Waals surface area contributed by atoms with E-state index in [-0.39, 0.29) is 5.41 Å². The monoisotopic (exact) mass is 269 g/mol. The smallest absolute Gasteiger partial charge is 0.123 e. The number of nitrogens with one attached hydrogen (secondary N) is 2. The van der Waals surface area contributed by atoms with Gasteiger partial charge in [-0.2, -0.15) is 0 Å². The summed E-state index contributed by atoms with van der Waals surface area (Å²) >= 11 is 0. The van der Waals surface area contributed by atoms with E-state index in [2.05, 4.69) is 60.3 Å². The Balaban J connectivity index is 1.82. The number of hydrogen-bond donors (Lipinski definition) is 2. The zero-order chi connectivity index (χ0) is 14.2. The van der Waals surface area contributed by atoms with Crippen molar-refractivity contribution in [3.8, 4) is 11.3 Å². The number of imidazole rings is 1. The van der Waals surface area contributed by atoms with E-state index in [1.807, 2.05) is 6.20 Å².